The van der Waals surface area contributed by atoms with Crippen molar-refractivity contribution in [3.63, 3.8) is 0 Å². The number of carbonyl (C=O) groups excluding carboxylic acids is 2. The zero-order valence-corrected chi connectivity index (χ0v) is 15.1. The summed E-state index contributed by atoms with van der Waals surface area (Å²) in [5, 5.41) is 20.3. The molecule has 0 radical (unpaired) electrons. The smallest absolute Gasteiger partial charge is 0.545 e. The van der Waals surface area contributed by atoms with Crippen molar-refractivity contribution in [3.05, 3.63) is 32.3 Å². The largest absolute Gasteiger partial charge is 1.00 e. The Morgan fingerprint density at radius 2 is 1.29 bits per heavy atom. The predicted molar refractivity (Wildman–Crippen MR) is 50.1 cm³/mol. The molecular weight excluding hydrogens is 312 g/mol. The first-order chi connectivity index (χ1) is 6.86. The molecule has 0 aromatic heterocycles. The Bertz CT molecular complexity index is 465. The Labute approximate surface area is 156 Å². The molecule has 1 rings (SSSR count). The number of carboxylic acids is 2. The van der Waals surface area contributed by atoms with E-state index in [1.807, 2.05) is 0 Å². The van der Waals surface area contributed by atoms with Crippen molar-refractivity contribution >= 4 is 46.7 Å². The van der Waals surface area contributed by atoms with Gasteiger partial charge in [-0.25, -0.2) is 0 Å². The number of hydrogen-bond acceptors (Lipinski definition) is 4. The van der Waals surface area contributed by atoms with E-state index in [2.05, 4.69) is 0 Å². The molecule has 0 spiro atoms. The molecule has 0 aliphatic rings. The molecule has 0 atom stereocenters. The minimum atomic E-state index is -1.79. The fourth-order valence-electron chi connectivity index (χ4n) is 0.987. The van der Waals surface area contributed by atoms with Gasteiger partial charge in [-0.05, 0) is 6.07 Å². The molecule has 0 aliphatic carbocycles. The van der Waals surface area contributed by atoms with Crippen molar-refractivity contribution in [2.75, 3.05) is 0 Å². The van der Waals surface area contributed by atoms with Gasteiger partial charge in [0.05, 0.1) is 27.0 Å². The third-order valence-electron chi connectivity index (χ3n) is 1.58. The van der Waals surface area contributed by atoms with Crippen LogP contribution >= 0.6 is 34.8 Å². The van der Waals surface area contributed by atoms with Gasteiger partial charge in [0.1, 0.15) is 0 Å². The Hall–Kier alpha value is 1.03. The van der Waals surface area contributed by atoms with Gasteiger partial charge in [0, 0.05) is 11.1 Å². The number of halogens is 3. The molecule has 9 heteroatoms. The monoisotopic (exact) mass is 312 g/mol. The zero-order valence-electron chi connectivity index (χ0n) is 8.84. The van der Waals surface area contributed by atoms with E-state index < -0.39 is 28.1 Å². The summed E-state index contributed by atoms with van der Waals surface area (Å²) in [6.45, 7) is 0. The minimum absolute atomic E-state index is 0. The number of rotatable bonds is 2. The SMILES string of the molecule is O=C([O-])c1c(Cl)cc(Cl)c(Cl)c1C(=O)[O-].[Na+].[Na+]. The molecule has 0 bridgehead atoms. The molecule has 0 saturated heterocycles. The van der Waals surface area contributed by atoms with Crippen LogP contribution in [0.25, 0.3) is 0 Å². The Balaban J connectivity index is 0. The van der Waals surface area contributed by atoms with Gasteiger partial charge >= 0.3 is 59.1 Å². The summed E-state index contributed by atoms with van der Waals surface area (Å²) < 4.78 is 0. The van der Waals surface area contributed by atoms with Crippen LogP contribution in [-0.4, -0.2) is 11.9 Å². The van der Waals surface area contributed by atoms with Gasteiger partial charge in [0.2, 0.25) is 0 Å². The van der Waals surface area contributed by atoms with Crippen molar-refractivity contribution < 1.29 is 78.9 Å². The molecule has 1 aromatic rings. The van der Waals surface area contributed by atoms with E-state index in [0.717, 1.165) is 6.07 Å². The molecule has 0 N–H and O–H groups in total. The third kappa shape index (κ3) is 4.56. The van der Waals surface area contributed by atoms with E-state index in [1.165, 1.54) is 0 Å². The topological polar surface area (TPSA) is 80.3 Å². The van der Waals surface area contributed by atoms with Crippen LogP contribution in [0.5, 0.6) is 0 Å². The average Bonchev–Trinajstić information content (AvgIpc) is 2.09. The van der Waals surface area contributed by atoms with Crippen molar-refractivity contribution in [1.82, 2.24) is 0 Å². The Kier molecular flexibility index (Phi) is 9.88. The van der Waals surface area contributed by atoms with Gasteiger partial charge in [-0.15, -0.1) is 0 Å². The van der Waals surface area contributed by atoms with E-state index >= 15 is 0 Å². The zero-order chi connectivity index (χ0) is 11.7. The van der Waals surface area contributed by atoms with Crippen LogP contribution in [0.3, 0.4) is 0 Å². The van der Waals surface area contributed by atoms with Gasteiger partial charge in [-0.1, -0.05) is 34.8 Å². The summed E-state index contributed by atoms with van der Waals surface area (Å²) in [4.78, 5) is 21.3. The van der Waals surface area contributed by atoms with Crippen molar-refractivity contribution in [2.45, 2.75) is 0 Å². The second-order valence-electron chi connectivity index (χ2n) is 2.48. The van der Waals surface area contributed by atoms with E-state index in [9.17, 15) is 19.8 Å². The van der Waals surface area contributed by atoms with Crippen molar-refractivity contribution in [3.8, 4) is 0 Å². The van der Waals surface area contributed by atoms with Gasteiger partial charge in [0.15, 0.2) is 0 Å². The van der Waals surface area contributed by atoms with Crippen LogP contribution < -0.4 is 69.3 Å². The first kappa shape index (κ1) is 20.3. The van der Waals surface area contributed by atoms with Crippen LogP contribution in [0.15, 0.2) is 6.07 Å². The summed E-state index contributed by atoms with van der Waals surface area (Å²) in [6.07, 6.45) is 0. The summed E-state index contributed by atoms with van der Waals surface area (Å²) in [6, 6.07) is 1.02. The molecule has 17 heavy (non-hydrogen) atoms. The molecule has 0 aliphatic heterocycles. The quantitative estimate of drug-likeness (QED) is 0.403. The van der Waals surface area contributed by atoms with Gasteiger partial charge < -0.3 is 19.8 Å². The average molecular weight is 313 g/mol. The Morgan fingerprint density at radius 1 is 0.882 bits per heavy atom. The predicted octanol–water partition coefficient (Wildman–Crippen LogP) is -5.62. The number of aromatic carboxylic acids is 2. The molecular formula is C8HCl3Na2O4. The number of hydrogen-bond donors (Lipinski definition) is 0. The van der Waals surface area contributed by atoms with E-state index in [-0.39, 0.29) is 69.2 Å². The fourth-order valence-corrected chi connectivity index (χ4v) is 1.75. The first-order valence-corrected chi connectivity index (χ1v) is 4.59. The van der Waals surface area contributed by atoms with E-state index in [0.29, 0.717) is 0 Å². The Morgan fingerprint density at radius 3 is 1.65 bits per heavy atom. The fraction of sp³-hybridized carbons (Fsp3) is 0. The standard InChI is InChI=1S/C8H3Cl3O4.2Na/c9-2-1-3(10)6(11)5(8(14)15)4(2)7(12)13;;/h1H,(H,12,13)(H,14,15);;/q;2*+1/p-2. The van der Waals surface area contributed by atoms with Gasteiger partial charge in [0.25, 0.3) is 0 Å². The van der Waals surface area contributed by atoms with E-state index in [1.54, 1.807) is 0 Å². The van der Waals surface area contributed by atoms with Crippen LogP contribution in [-0.2, 0) is 0 Å². The third-order valence-corrected chi connectivity index (χ3v) is 2.67. The molecule has 0 unspecified atom stereocenters. The molecule has 0 saturated carbocycles. The van der Waals surface area contributed by atoms with Crippen LogP contribution in [0.4, 0.5) is 0 Å². The maximum atomic E-state index is 10.6. The van der Waals surface area contributed by atoms with Crippen molar-refractivity contribution in [2.24, 2.45) is 0 Å². The van der Waals surface area contributed by atoms with E-state index in [4.69, 9.17) is 34.8 Å². The van der Waals surface area contributed by atoms with Crippen LogP contribution in [0.2, 0.25) is 15.1 Å². The second kappa shape index (κ2) is 8.25. The molecule has 80 valence electrons. The van der Waals surface area contributed by atoms with Crippen LogP contribution in [0, 0.1) is 0 Å². The molecule has 0 amide bonds. The molecule has 1 aromatic carbocycles. The summed E-state index contributed by atoms with van der Waals surface area (Å²) >= 11 is 16.5. The maximum Gasteiger partial charge on any atom is 1.00 e. The molecule has 4 nitrogen and oxygen atoms in total. The molecule has 0 fully saturated rings. The first-order valence-electron chi connectivity index (χ1n) is 3.46. The van der Waals surface area contributed by atoms with Crippen LogP contribution in [0.1, 0.15) is 20.7 Å². The van der Waals surface area contributed by atoms with Crippen molar-refractivity contribution in [1.29, 1.82) is 0 Å². The summed E-state index contributed by atoms with van der Waals surface area (Å²) in [5.41, 5.74) is -1.53. The molecule has 0 heterocycles. The summed E-state index contributed by atoms with van der Waals surface area (Å²) in [7, 11) is 0. The minimum Gasteiger partial charge on any atom is -0.545 e. The number of carbonyl (C=O) groups is 2. The van der Waals surface area contributed by atoms with Gasteiger partial charge in [-0.3, -0.25) is 0 Å². The second-order valence-corrected chi connectivity index (χ2v) is 3.67. The van der Waals surface area contributed by atoms with Gasteiger partial charge in [-0.2, -0.15) is 0 Å². The maximum absolute atomic E-state index is 10.6. The number of benzene rings is 1. The summed E-state index contributed by atoms with van der Waals surface area (Å²) in [5.74, 6) is -3.55. The normalized spacial score (nSPS) is 8.88. The number of carboxylic acid groups (broad SMARTS) is 2.